The maximum Gasteiger partial charge on any atom is 0.328 e. The van der Waals surface area contributed by atoms with Gasteiger partial charge in [-0.25, -0.2) is 4.79 Å². The summed E-state index contributed by atoms with van der Waals surface area (Å²) in [7, 11) is 1.86. The van der Waals surface area contributed by atoms with Crippen LogP contribution in [-0.4, -0.2) is 25.7 Å². The Kier molecular flexibility index (Phi) is 4.82. The molecule has 0 fully saturated rings. The molecule has 0 saturated heterocycles. The lowest BCUT2D eigenvalue weighted by atomic mass is 10.1. The second-order valence-electron chi connectivity index (χ2n) is 3.85. The molecule has 1 unspecified atom stereocenters. The standard InChI is InChI=1S/C13H20N2O2/c1-4-11(13(16)17-5-2)15(3)12-9-7-6-8-10(12)14/h6-9,11H,4-5,14H2,1-3H3. The third-order valence-electron chi connectivity index (χ3n) is 2.73. The monoisotopic (exact) mass is 236 g/mol. The molecule has 17 heavy (non-hydrogen) atoms. The van der Waals surface area contributed by atoms with E-state index >= 15 is 0 Å². The maximum absolute atomic E-state index is 11.8. The van der Waals surface area contributed by atoms with Gasteiger partial charge in [-0.1, -0.05) is 19.1 Å². The maximum atomic E-state index is 11.8. The molecular weight excluding hydrogens is 216 g/mol. The number of nitrogens with zero attached hydrogens (tertiary/aromatic N) is 1. The zero-order valence-electron chi connectivity index (χ0n) is 10.6. The zero-order chi connectivity index (χ0) is 12.8. The van der Waals surface area contributed by atoms with Crippen LogP contribution in [0, 0.1) is 0 Å². The largest absolute Gasteiger partial charge is 0.464 e. The summed E-state index contributed by atoms with van der Waals surface area (Å²) in [6.45, 7) is 4.16. The number of likely N-dealkylation sites (N-methyl/N-ethyl adjacent to an activating group) is 1. The Morgan fingerprint density at radius 2 is 2.06 bits per heavy atom. The van der Waals surface area contributed by atoms with Gasteiger partial charge in [0.25, 0.3) is 0 Å². The van der Waals surface area contributed by atoms with Crippen LogP contribution in [0.4, 0.5) is 11.4 Å². The minimum atomic E-state index is -0.292. The minimum absolute atomic E-state index is 0.208. The SMILES string of the molecule is CCOC(=O)C(CC)N(C)c1ccccc1N. The Morgan fingerprint density at radius 1 is 1.41 bits per heavy atom. The normalized spacial score (nSPS) is 11.9. The molecule has 0 aliphatic carbocycles. The molecule has 0 spiro atoms. The molecule has 1 atom stereocenters. The molecule has 0 bridgehead atoms. The Hall–Kier alpha value is -1.71. The number of carbonyl (C=O) groups is 1. The number of para-hydroxylation sites is 2. The van der Waals surface area contributed by atoms with Crippen LogP contribution in [0.3, 0.4) is 0 Å². The lowest BCUT2D eigenvalue weighted by Crippen LogP contribution is -2.39. The number of nitrogen functional groups attached to an aromatic ring is 1. The summed E-state index contributed by atoms with van der Waals surface area (Å²) >= 11 is 0. The quantitative estimate of drug-likeness (QED) is 0.628. The number of anilines is 2. The number of rotatable bonds is 5. The lowest BCUT2D eigenvalue weighted by molar-refractivity contribution is -0.144. The van der Waals surface area contributed by atoms with E-state index in [1.807, 2.05) is 50.1 Å². The van der Waals surface area contributed by atoms with Crippen LogP contribution in [0.1, 0.15) is 20.3 Å². The van der Waals surface area contributed by atoms with Crippen LogP contribution >= 0.6 is 0 Å². The van der Waals surface area contributed by atoms with Gasteiger partial charge in [-0.15, -0.1) is 0 Å². The van der Waals surface area contributed by atoms with Crippen molar-refractivity contribution >= 4 is 17.3 Å². The molecule has 0 aliphatic heterocycles. The zero-order valence-corrected chi connectivity index (χ0v) is 10.6. The van der Waals surface area contributed by atoms with E-state index in [1.165, 1.54) is 0 Å². The highest BCUT2D eigenvalue weighted by Crippen LogP contribution is 2.24. The first kappa shape index (κ1) is 13.4. The molecule has 0 aromatic heterocycles. The van der Waals surface area contributed by atoms with E-state index in [-0.39, 0.29) is 12.0 Å². The van der Waals surface area contributed by atoms with E-state index in [4.69, 9.17) is 10.5 Å². The Labute approximate surface area is 102 Å². The van der Waals surface area contributed by atoms with E-state index in [9.17, 15) is 4.79 Å². The van der Waals surface area contributed by atoms with E-state index < -0.39 is 0 Å². The summed E-state index contributed by atoms with van der Waals surface area (Å²) in [5.74, 6) is -0.208. The van der Waals surface area contributed by atoms with Gasteiger partial charge in [-0.3, -0.25) is 0 Å². The average Bonchev–Trinajstić information content (AvgIpc) is 2.30. The van der Waals surface area contributed by atoms with Crippen molar-refractivity contribution in [3.63, 3.8) is 0 Å². The molecule has 4 nitrogen and oxygen atoms in total. The highest BCUT2D eigenvalue weighted by atomic mass is 16.5. The lowest BCUT2D eigenvalue weighted by Gasteiger charge is -2.28. The summed E-state index contributed by atoms with van der Waals surface area (Å²) in [5, 5.41) is 0. The molecule has 4 heteroatoms. The predicted octanol–water partition coefficient (Wildman–Crippen LogP) is 2.05. The number of hydrogen-bond donors (Lipinski definition) is 1. The molecule has 2 N–H and O–H groups in total. The Morgan fingerprint density at radius 3 is 2.59 bits per heavy atom. The number of benzene rings is 1. The molecule has 94 valence electrons. The first-order valence-electron chi connectivity index (χ1n) is 5.85. The third-order valence-corrected chi connectivity index (χ3v) is 2.73. The van der Waals surface area contributed by atoms with Gasteiger partial charge in [0, 0.05) is 7.05 Å². The Balaban J connectivity index is 2.90. The van der Waals surface area contributed by atoms with Crippen LogP contribution in [-0.2, 0) is 9.53 Å². The second kappa shape index (κ2) is 6.13. The van der Waals surface area contributed by atoms with Crippen LogP contribution in [0.25, 0.3) is 0 Å². The van der Waals surface area contributed by atoms with Gasteiger partial charge in [0.15, 0.2) is 0 Å². The molecule has 0 aliphatic rings. The fourth-order valence-electron chi connectivity index (χ4n) is 1.81. The Bertz CT molecular complexity index is 379. The first-order chi connectivity index (χ1) is 8.11. The number of hydrogen-bond acceptors (Lipinski definition) is 4. The second-order valence-corrected chi connectivity index (χ2v) is 3.85. The minimum Gasteiger partial charge on any atom is -0.464 e. The smallest absolute Gasteiger partial charge is 0.328 e. The van der Waals surface area contributed by atoms with Crippen molar-refractivity contribution in [2.45, 2.75) is 26.3 Å². The topological polar surface area (TPSA) is 55.6 Å². The summed E-state index contributed by atoms with van der Waals surface area (Å²) in [5.41, 5.74) is 7.41. The molecule has 1 aromatic rings. The molecule has 0 radical (unpaired) electrons. The van der Waals surface area contributed by atoms with Crippen LogP contribution in [0.2, 0.25) is 0 Å². The van der Waals surface area contributed by atoms with Gasteiger partial charge in [0.05, 0.1) is 18.0 Å². The van der Waals surface area contributed by atoms with E-state index in [0.717, 1.165) is 5.69 Å². The first-order valence-corrected chi connectivity index (χ1v) is 5.85. The highest BCUT2D eigenvalue weighted by Gasteiger charge is 2.23. The molecule has 1 aromatic carbocycles. The van der Waals surface area contributed by atoms with Crippen molar-refractivity contribution in [3.8, 4) is 0 Å². The predicted molar refractivity (Wildman–Crippen MR) is 70.0 cm³/mol. The van der Waals surface area contributed by atoms with Crippen molar-refractivity contribution in [2.75, 3.05) is 24.3 Å². The van der Waals surface area contributed by atoms with Gasteiger partial charge >= 0.3 is 5.97 Å². The van der Waals surface area contributed by atoms with Crippen LogP contribution in [0.15, 0.2) is 24.3 Å². The van der Waals surface area contributed by atoms with Gasteiger partial charge in [0.1, 0.15) is 6.04 Å². The number of esters is 1. The highest BCUT2D eigenvalue weighted by molar-refractivity contribution is 5.82. The summed E-state index contributed by atoms with van der Waals surface area (Å²) < 4.78 is 5.06. The third kappa shape index (κ3) is 3.12. The van der Waals surface area contributed by atoms with Gasteiger partial charge in [-0.2, -0.15) is 0 Å². The van der Waals surface area contributed by atoms with Gasteiger partial charge in [-0.05, 0) is 25.5 Å². The summed E-state index contributed by atoms with van der Waals surface area (Å²) in [6.07, 6.45) is 0.684. The van der Waals surface area contributed by atoms with Crippen molar-refractivity contribution in [3.05, 3.63) is 24.3 Å². The molecular formula is C13H20N2O2. The van der Waals surface area contributed by atoms with E-state index in [2.05, 4.69) is 0 Å². The van der Waals surface area contributed by atoms with E-state index in [0.29, 0.717) is 18.7 Å². The van der Waals surface area contributed by atoms with Gasteiger partial charge in [0.2, 0.25) is 0 Å². The van der Waals surface area contributed by atoms with Crippen LogP contribution in [0.5, 0.6) is 0 Å². The van der Waals surface area contributed by atoms with Crippen molar-refractivity contribution in [1.29, 1.82) is 0 Å². The summed E-state index contributed by atoms with van der Waals surface area (Å²) in [4.78, 5) is 13.7. The van der Waals surface area contributed by atoms with Crippen molar-refractivity contribution in [2.24, 2.45) is 0 Å². The van der Waals surface area contributed by atoms with Crippen LogP contribution < -0.4 is 10.6 Å². The summed E-state index contributed by atoms with van der Waals surface area (Å²) in [6, 6.07) is 7.21. The molecule has 0 heterocycles. The molecule has 1 rings (SSSR count). The number of carbonyl (C=O) groups excluding carboxylic acids is 1. The number of ether oxygens (including phenoxy) is 1. The fourth-order valence-corrected chi connectivity index (χ4v) is 1.81. The molecule has 0 saturated carbocycles. The number of nitrogens with two attached hydrogens (primary N) is 1. The van der Waals surface area contributed by atoms with Crippen molar-refractivity contribution in [1.82, 2.24) is 0 Å². The fraction of sp³-hybridized carbons (Fsp3) is 0.462. The molecule has 0 amide bonds. The van der Waals surface area contributed by atoms with Crippen molar-refractivity contribution < 1.29 is 9.53 Å². The van der Waals surface area contributed by atoms with E-state index in [1.54, 1.807) is 0 Å². The average molecular weight is 236 g/mol. The van der Waals surface area contributed by atoms with Gasteiger partial charge < -0.3 is 15.4 Å².